The maximum Gasteiger partial charge on any atom is 0.209 e. The molecule has 0 saturated carbocycles. The minimum atomic E-state index is 0. The van der Waals surface area contributed by atoms with Gasteiger partial charge in [0.05, 0.1) is 7.11 Å². The summed E-state index contributed by atoms with van der Waals surface area (Å²) < 4.78 is 6.89. The molecule has 0 spiro atoms. The number of aromatic nitrogens is 4. The summed E-state index contributed by atoms with van der Waals surface area (Å²) in [5.74, 6) is 1.90. The number of nitrogens with one attached hydrogen (secondary N) is 1. The fourth-order valence-electron chi connectivity index (χ4n) is 1.72. The lowest BCUT2D eigenvalue weighted by molar-refractivity contribution is -0.00000469. The highest BCUT2D eigenvalue weighted by molar-refractivity contribution is 7.99. The number of ether oxygens (including phenoxy) is 1. The van der Waals surface area contributed by atoms with E-state index in [1.54, 1.807) is 23.6 Å². The van der Waals surface area contributed by atoms with Crippen LogP contribution in [0.2, 0.25) is 0 Å². The molecule has 1 aromatic heterocycles. The minimum Gasteiger partial charge on any atom is -1.00 e. The van der Waals surface area contributed by atoms with Gasteiger partial charge in [0.1, 0.15) is 5.75 Å². The number of nitrogens with zero attached hydrogens (tertiary/aromatic N) is 4. The largest absolute Gasteiger partial charge is 1.00 e. The Morgan fingerprint density at radius 1 is 1.38 bits per heavy atom. The Kier molecular flexibility index (Phi) is 8.11. The molecule has 6 nitrogen and oxygen atoms in total. The van der Waals surface area contributed by atoms with Crippen molar-refractivity contribution in [2.75, 3.05) is 19.4 Å². The van der Waals surface area contributed by atoms with Crippen molar-refractivity contribution in [3.63, 3.8) is 0 Å². The van der Waals surface area contributed by atoms with Crippen LogP contribution in [0.5, 0.6) is 5.75 Å². The summed E-state index contributed by atoms with van der Waals surface area (Å²) in [6.45, 7) is 1.82. The van der Waals surface area contributed by atoms with Crippen LogP contribution >= 0.6 is 11.8 Å². The molecule has 21 heavy (non-hydrogen) atoms. The Hall–Kier alpha value is -1.31. The van der Waals surface area contributed by atoms with Gasteiger partial charge in [-0.05, 0) is 41.1 Å². The van der Waals surface area contributed by atoms with E-state index in [0.29, 0.717) is 0 Å². The first-order chi connectivity index (χ1) is 9.79. The Morgan fingerprint density at radius 3 is 2.95 bits per heavy atom. The lowest BCUT2D eigenvalue weighted by atomic mass is 10.2. The quantitative estimate of drug-likeness (QED) is 0.470. The van der Waals surface area contributed by atoms with Crippen molar-refractivity contribution in [3.05, 3.63) is 29.8 Å². The highest BCUT2D eigenvalue weighted by atomic mass is 35.5. The number of halogens is 1. The zero-order valence-corrected chi connectivity index (χ0v) is 13.7. The number of methoxy groups -OCH3 is 1. The van der Waals surface area contributed by atoms with Crippen molar-refractivity contribution >= 4 is 11.8 Å². The number of benzene rings is 1. The third-order valence-electron chi connectivity index (χ3n) is 2.77. The van der Waals surface area contributed by atoms with Crippen LogP contribution in [0.4, 0.5) is 0 Å². The smallest absolute Gasteiger partial charge is 0.209 e. The zero-order valence-electron chi connectivity index (χ0n) is 12.1. The number of thioether (sulfide) groups is 1. The Labute approximate surface area is 135 Å². The SMILES string of the molecule is COc1cccc(CNCCCSc2nnnn2C)c1.[Cl-]. The van der Waals surface area contributed by atoms with E-state index in [1.807, 2.05) is 25.2 Å². The second-order valence-corrected chi connectivity index (χ2v) is 5.38. The van der Waals surface area contributed by atoms with Crippen LogP contribution < -0.4 is 22.5 Å². The lowest BCUT2D eigenvalue weighted by Crippen LogP contribution is -3.00. The predicted octanol–water partition coefficient (Wildman–Crippen LogP) is -1.51. The normalized spacial score (nSPS) is 10.2. The zero-order chi connectivity index (χ0) is 14.2. The Bertz CT molecular complexity index is 537. The van der Waals surface area contributed by atoms with E-state index in [4.69, 9.17) is 4.74 Å². The topological polar surface area (TPSA) is 64.9 Å². The molecule has 1 aromatic carbocycles. The van der Waals surface area contributed by atoms with E-state index in [1.165, 1.54) is 5.56 Å². The Balaban J connectivity index is 0.00000220. The molecule has 0 fully saturated rings. The molecule has 0 radical (unpaired) electrons. The van der Waals surface area contributed by atoms with Gasteiger partial charge < -0.3 is 22.5 Å². The first-order valence-electron chi connectivity index (χ1n) is 6.48. The molecule has 0 unspecified atom stereocenters. The van der Waals surface area contributed by atoms with Crippen LogP contribution in [-0.4, -0.2) is 39.6 Å². The standard InChI is InChI=1S/C13H19N5OS.ClH/c1-18-13(15-16-17-18)20-8-4-7-14-10-11-5-3-6-12(9-11)19-2;/h3,5-6,9,14H,4,7-8,10H2,1-2H3;1H/p-1. The fraction of sp³-hybridized carbons (Fsp3) is 0.462. The van der Waals surface area contributed by atoms with Crippen molar-refractivity contribution in [3.8, 4) is 5.75 Å². The van der Waals surface area contributed by atoms with Gasteiger partial charge in [-0.2, -0.15) is 0 Å². The summed E-state index contributed by atoms with van der Waals surface area (Å²) in [4.78, 5) is 0. The van der Waals surface area contributed by atoms with Crippen molar-refractivity contribution < 1.29 is 17.1 Å². The molecule has 2 aromatic rings. The summed E-state index contributed by atoms with van der Waals surface area (Å²) in [5, 5.41) is 15.6. The van der Waals surface area contributed by atoms with Crippen molar-refractivity contribution in [2.24, 2.45) is 7.05 Å². The van der Waals surface area contributed by atoms with Crippen LogP contribution in [0.3, 0.4) is 0 Å². The molecule has 1 heterocycles. The van der Waals surface area contributed by atoms with E-state index in [2.05, 4.69) is 26.9 Å². The molecule has 0 saturated heterocycles. The van der Waals surface area contributed by atoms with Gasteiger partial charge in [-0.15, -0.1) is 5.10 Å². The number of rotatable bonds is 8. The summed E-state index contributed by atoms with van der Waals surface area (Å²) in [7, 11) is 3.54. The van der Waals surface area contributed by atoms with Gasteiger partial charge in [-0.25, -0.2) is 4.68 Å². The maximum atomic E-state index is 5.20. The van der Waals surface area contributed by atoms with Gasteiger partial charge in [0.15, 0.2) is 0 Å². The van der Waals surface area contributed by atoms with Crippen molar-refractivity contribution in [2.45, 2.75) is 18.1 Å². The van der Waals surface area contributed by atoms with Crippen LogP contribution in [0.1, 0.15) is 12.0 Å². The molecule has 0 aliphatic carbocycles. The monoisotopic (exact) mass is 328 g/mol. The second-order valence-electron chi connectivity index (χ2n) is 4.32. The average molecular weight is 329 g/mol. The highest BCUT2D eigenvalue weighted by Crippen LogP contribution is 2.13. The third kappa shape index (κ3) is 5.91. The molecule has 2 rings (SSSR count). The molecule has 1 N–H and O–H groups in total. The molecule has 0 bridgehead atoms. The average Bonchev–Trinajstić information content (AvgIpc) is 2.88. The van der Waals surface area contributed by atoms with E-state index in [0.717, 1.165) is 36.2 Å². The van der Waals surface area contributed by atoms with Crippen LogP contribution in [-0.2, 0) is 13.6 Å². The first kappa shape index (κ1) is 17.7. The molecule has 8 heteroatoms. The molecular formula is C13H19ClN5OS-. The van der Waals surface area contributed by atoms with Gasteiger partial charge in [0.2, 0.25) is 5.16 Å². The number of tetrazole rings is 1. The van der Waals surface area contributed by atoms with Crippen LogP contribution in [0.25, 0.3) is 0 Å². The maximum absolute atomic E-state index is 5.20. The van der Waals surface area contributed by atoms with Gasteiger partial charge in [-0.1, -0.05) is 23.9 Å². The van der Waals surface area contributed by atoms with Crippen LogP contribution in [0, 0.1) is 0 Å². The van der Waals surface area contributed by atoms with Gasteiger partial charge >= 0.3 is 0 Å². The molecule has 0 atom stereocenters. The van der Waals surface area contributed by atoms with Crippen molar-refractivity contribution in [1.29, 1.82) is 0 Å². The number of hydrogen-bond acceptors (Lipinski definition) is 6. The summed E-state index contributed by atoms with van der Waals surface area (Å²) in [6.07, 6.45) is 1.07. The number of aryl methyl sites for hydroxylation is 1. The minimum absolute atomic E-state index is 0. The molecule has 0 aliphatic rings. The summed E-state index contributed by atoms with van der Waals surface area (Å²) >= 11 is 1.67. The summed E-state index contributed by atoms with van der Waals surface area (Å²) in [5.41, 5.74) is 1.23. The van der Waals surface area contributed by atoms with Crippen molar-refractivity contribution in [1.82, 2.24) is 25.5 Å². The van der Waals surface area contributed by atoms with E-state index in [-0.39, 0.29) is 12.4 Å². The highest BCUT2D eigenvalue weighted by Gasteiger charge is 2.01. The Morgan fingerprint density at radius 2 is 2.24 bits per heavy atom. The second kappa shape index (κ2) is 9.59. The molecule has 116 valence electrons. The first-order valence-corrected chi connectivity index (χ1v) is 7.47. The molecular weight excluding hydrogens is 310 g/mol. The number of hydrogen-bond donors (Lipinski definition) is 1. The lowest BCUT2D eigenvalue weighted by Gasteiger charge is -2.06. The fourth-order valence-corrected chi connectivity index (χ4v) is 2.51. The van der Waals surface area contributed by atoms with Gasteiger partial charge in [0, 0.05) is 19.3 Å². The van der Waals surface area contributed by atoms with E-state index in [9.17, 15) is 0 Å². The summed E-state index contributed by atoms with van der Waals surface area (Å²) in [6, 6.07) is 8.10. The van der Waals surface area contributed by atoms with Crippen LogP contribution in [0.15, 0.2) is 29.4 Å². The predicted molar refractivity (Wildman–Crippen MR) is 78.8 cm³/mol. The van der Waals surface area contributed by atoms with E-state index < -0.39 is 0 Å². The molecule has 0 aliphatic heterocycles. The van der Waals surface area contributed by atoms with Gasteiger partial charge in [-0.3, -0.25) is 0 Å². The van der Waals surface area contributed by atoms with E-state index >= 15 is 0 Å². The van der Waals surface area contributed by atoms with Gasteiger partial charge in [0.25, 0.3) is 0 Å². The molecule has 0 amide bonds. The third-order valence-corrected chi connectivity index (χ3v) is 3.87.